The highest BCUT2D eigenvalue weighted by atomic mass is 16.8. The van der Waals surface area contributed by atoms with E-state index in [2.05, 4.69) is 15.9 Å². The number of rotatable bonds is 7. The van der Waals surface area contributed by atoms with Crippen molar-refractivity contribution in [2.24, 2.45) is 5.11 Å². The van der Waals surface area contributed by atoms with Gasteiger partial charge in [0.25, 0.3) is 0 Å². The van der Waals surface area contributed by atoms with Crippen molar-refractivity contribution in [2.45, 2.75) is 37.9 Å². The van der Waals surface area contributed by atoms with Crippen LogP contribution in [-0.4, -0.2) is 44.5 Å². The summed E-state index contributed by atoms with van der Waals surface area (Å²) in [7, 11) is 1.52. The molecule has 1 rings (SSSR count). The number of nitrogens with zero attached hydrogens (tertiary/aromatic N) is 3. The fourth-order valence-corrected chi connectivity index (χ4v) is 1.84. The average Bonchev–Trinajstić information content (AvgIpc) is 2.73. The second kappa shape index (κ2) is 7.90. The molecule has 1 aliphatic rings. The van der Waals surface area contributed by atoms with Crippen LogP contribution < -0.4 is 0 Å². The van der Waals surface area contributed by atoms with E-state index in [1.807, 2.05) is 0 Å². The van der Waals surface area contributed by atoms with E-state index in [1.54, 1.807) is 26.0 Å². The number of azide groups is 1. The van der Waals surface area contributed by atoms with Gasteiger partial charge in [0.15, 0.2) is 5.79 Å². The third kappa shape index (κ3) is 4.85. The van der Waals surface area contributed by atoms with Crippen molar-refractivity contribution in [3.8, 4) is 12.3 Å². The molecular formula is C13H19N3O4. The van der Waals surface area contributed by atoms with Crippen LogP contribution in [-0.2, 0) is 18.9 Å². The SMILES string of the molecule is C#C[C@H]1OC(C)(C)O[C@@H]1[C@H](/C=C/CN=[N+]=[N-])OCOC. The van der Waals surface area contributed by atoms with E-state index in [9.17, 15) is 0 Å². The molecule has 3 atom stereocenters. The van der Waals surface area contributed by atoms with Crippen LogP contribution in [0.15, 0.2) is 17.3 Å². The Hall–Kier alpha value is -1.55. The zero-order valence-corrected chi connectivity index (χ0v) is 11.9. The molecule has 0 aromatic heterocycles. The Labute approximate surface area is 118 Å². The van der Waals surface area contributed by atoms with Crippen LogP contribution in [0.3, 0.4) is 0 Å². The second-order valence-electron chi connectivity index (χ2n) is 4.57. The van der Waals surface area contributed by atoms with Gasteiger partial charge >= 0.3 is 0 Å². The van der Waals surface area contributed by atoms with Gasteiger partial charge in [-0.25, -0.2) is 0 Å². The molecule has 20 heavy (non-hydrogen) atoms. The Bertz CT molecular complexity index is 424. The lowest BCUT2D eigenvalue weighted by Crippen LogP contribution is -2.36. The summed E-state index contributed by atoms with van der Waals surface area (Å²) in [5.74, 6) is 1.78. The summed E-state index contributed by atoms with van der Waals surface area (Å²) in [6.45, 7) is 3.89. The predicted octanol–water partition coefficient (Wildman–Crippen LogP) is 2.00. The maximum atomic E-state index is 8.24. The van der Waals surface area contributed by atoms with Gasteiger partial charge in [-0.1, -0.05) is 23.2 Å². The van der Waals surface area contributed by atoms with Crippen molar-refractivity contribution in [2.75, 3.05) is 20.4 Å². The molecule has 110 valence electrons. The van der Waals surface area contributed by atoms with Crippen molar-refractivity contribution >= 4 is 0 Å². The first-order valence-electron chi connectivity index (χ1n) is 6.14. The normalized spacial score (nSPS) is 26.1. The molecule has 0 bridgehead atoms. The van der Waals surface area contributed by atoms with Gasteiger partial charge in [0.1, 0.15) is 25.1 Å². The number of hydrogen-bond donors (Lipinski definition) is 0. The van der Waals surface area contributed by atoms with E-state index in [1.165, 1.54) is 7.11 Å². The van der Waals surface area contributed by atoms with Gasteiger partial charge in [-0.05, 0) is 19.4 Å². The van der Waals surface area contributed by atoms with Crippen LogP contribution in [0.25, 0.3) is 10.4 Å². The molecule has 1 fully saturated rings. The zero-order chi connectivity index (χ0) is 15.0. The van der Waals surface area contributed by atoms with E-state index >= 15 is 0 Å². The Morgan fingerprint density at radius 3 is 2.90 bits per heavy atom. The first-order chi connectivity index (χ1) is 9.54. The molecule has 1 aliphatic heterocycles. The van der Waals surface area contributed by atoms with Crippen molar-refractivity contribution in [3.05, 3.63) is 22.6 Å². The van der Waals surface area contributed by atoms with Crippen LogP contribution in [0.2, 0.25) is 0 Å². The number of terminal acetylenes is 1. The highest BCUT2D eigenvalue weighted by Gasteiger charge is 2.44. The number of methoxy groups -OCH3 is 1. The molecule has 0 aromatic carbocycles. The third-order valence-electron chi connectivity index (χ3n) is 2.57. The maximum Gasteiger partial charge on any atom is 0.165 e. The van der Waals surface area contributed by atoms with E-state index in [0.717, 1.165) is 0 Å². The highest BCUT2D eigenvalue weighted by molar-refractivity contribution is 5.09. The van der Waals surface area contributed by atoms with E-state index < -0.39 is 24.1 Å². The summed E-state index contributed by atoms with van der Waals surface area (Å²) in [6.07, 6.45) is 7.45. The average molecular weight is 281 g/mol. The molecular weight excluding hydrogens is 262 g/mol. The molecule has 7 heteroatoms. The van der Waals surface area contributed by atoms with E-state index in [0.29, 0.717) is 0 Å². The van der Waals surface area contributed by atoms with Crippen molar-refractivity contribution in [1.82, 2.24) is 0 Å². The monoisotopic (exact) mass is 281 g/mol. The van der Waals surface area contributed by atoms with Gasteiger partial charge in [-0.3, -0.25) is 0 Å². The van der Waals surface area contributed by atoms with Crippen LogP contribution in [0.5, 0.6) is 0 Å². The Balaban J connectivity index is 2.78. The van der Waals surface area contributed by atoms with Gasteiger partial charge < -0.3 is 18.9 Å². The van der Waals surface area contributed by atoms with Crippen LogP contribution in [0.1, 0.15) is 13.8 Å². The van der Waals surface area contributed by atoms with Gasteiger partial charge in [0.05, 0.1) is 0 Å². The summed E-state index contributed by atoms with van der Waals surface area (Å²) < 4.78 is 21.8. The smallest absolute Gasteiger partial charge is 0.165 e. The third-order valence-corrected chi connectivity index (χ3v) is 2.57. The van der Waals surface area contributed by atoms with Crippen molar-refractivity contribution in [1.29, 1.82) is 0 Å². The first-order valence-corrected chi connectivity index (χ1v) is 6.14. The minimum Gasteiger partial charge on any atom is -0.359 e. The van der Waals surface area contributed by atoms with Gasteiger partial charge in [0.2, 0.25) is 0 Å². The van der Waals surface area contributed by atoms with E-state index in [-0.39, 0.29) is 13.3 Å². The quantitative estimate of drug-likeness (QED) is 0.178. The van der Waals surface area contributed by atoms with Gasteiger partial charge in [-0.2, -0.15) is 0 Å². The minimum absolute atomic E-state index is 0.0914. The van der Waals surface area contributed by atoms with E-state index in [4.69, 9.17) is 30.9 Å². The zero-order valence-electron chi connectivity index (χ0n) is 11.9. The molecule has 0 aromatic rings. The summed E-state index contributed by atoms with van der Waals surface area (Å²) in [4.78, 5) is 2.67. The molecule has 0 aliphatic carbocycles. The molecule has 7 nitrogen and oxygen atoms in total. The lowest BCUT2D eigenvalue weighted by atomic mass is 10.1. The molecule has 0 spiro atoms. The minimum atomic E-state index is -0.769. The highest BCUT2D eigenvalue weighted by Crippen LogP contribution is 2.31. The Kier molecular flexibility index (Phi) is 6.52. The van der Waals surface area contributed by atoms with Crippen LogP contribution >= 0.6 is 0 Å². The molecule has 0 saturated carbocycles. The fraction of sp³-hybridized carbons (Fsp3) is 0.692. The second-order valence-corrected chi connectivity index (χ2v) is 4.57. The number of ether oxygens (including phenoxy) is 4. The first kappa shape index (κ1) is 16.5. The summed E-state index contributed by atoms with van der Waals surface area (Å²) >= 11 is 0. The summed E-state index contributed by atoms with van der Waals surface area (Å²) in [5, 5.41) is 3.41. The van der Waals surface area contributed by atoms with Crippen LogP contribution in [0.4, 0.5) is 0 Å². The summed E-state index contributed by atoms with van der Waals surface area (Å²) in [5.41, 5.74) is 8.24. The Morgan fingerprint density at radius 2 is 2.30 bits per heavy atom. The lowest BCUT2D eigenvalue weighted by Gasteiger charge is -2.22. The van der Waals surface area contributed by atoms with Gasteiger partial charge in [0, 0.05) is 18.6 Å². The number of hydrogen-bond acceptors (Lipinski definition) is 5. The van der Waals surface area contributed by atoms with Crippen LogP contribution in [0, 0.1) is 12.3 Å². The molecule has 0 unspecified atom stereocenters. The molecule has 0 radical (unpaired) electrons. The van der Waals surface area contributed by atoms with Crippen molar-refractivity contribution in [3.63, 3.8) is 0 Å². The molecule has 0 N–H and O–H groups in total. The lowest BCUT2D eigenvalue weighted by molar-refractivity contribution is -0.162. The largest absolute Gasteiger partial charge is 0.359 e. The Morgan fingerprint density at radius 1 is 1.55 bits per heavy atom. The standard InChI is InChI=1S/C13H19N3O4/c1-5-10-12(20-13(2,3)19-10)11(18-9-17-4)7-6-8-15-16-14/h1,6-7,10-12H,8-9H2,2-4H3/b7-6+/t10-,11+,12+/m1/s1. The summed E-state index contributed by atoms with van der Waals surface area (Å²) in [6, 6.07) is 0. The molecule has 1 saturated heterocycles. The fourth-order valence-electron chi connectivity index (χ4n) is 1.84. The van der Waals surface area contributed by atoms with Gasteiger partial charge in [-0.15, -0.1) is 6.42 Å². The van der Waals surface area contributed by atoms with Crippen molar-refractivity contribution < 1.29 is 18.9 Å². The predicted molar refractivity (Wildman–Crippen MR) is 72.6 cm³/mol. The maximum absolute atomic E-state index is 8.24. The molecule has 1 heterocycles. The topological polar surface area (TPSA) is 85.7 Å². The molecule has 0 amide bonds.